The van der Waals surface area contributed by atoms with E-state index in [0.717, 1.165) is 42.3 Å². The van der Waals surface area contributed by atoms with Gasteiger partial charge >= 0.3 is 0 Å². The van der Waals surface area contributed by atoms with Gasteiger partial charge in [0.15, 0.2) is 0 Å². The van der Waals surface area contributed by atoms with Gasteiger partial charge in [0.1, 0.15) is 0 Å². The molecule has 4 heteroatoms. The van der Waals surface area contributed by atoms with Crippen molar-refractivity contribution in [1.29, 1.82) is 10.5 Å². The first-order valence-electron chi connectivity index (χ1n) is 16.8. The molecule has 2 atom stereocenters. The molecule has 2 aliphatic carbocycles. The van der Waals surface area contributed by atoms with Crippen LogP contribution in [0.15, 0.2) is 133 Å². The van der Waals surface area contributed by atoms with E-state index in [2.05, 4.69) is 119 Å². The summed E-state index contributed by atoms with van der Waals surface area (Å²) in [5.74, 6) is 0.451. The van der Waals surface area contributed by atoms with Gasteiger partial charge < -0.3 is 9.47 Å². The number of hydrogen-bond acceptors (Lipinski definition) is 3. The second kappa shape index (κ2) is 11.3. The Morgan fingerprint density at radius 3 is 2.23 bits per heavy atom. The van der Waals surface area contributed by atoms with E-state index in [4.69, 9.17) is 0 Å². The van der Waals surface area contributed by atoms with Crippen molar-refractivity contribution < 1.29 is 0 Å². The van der Waals surface area contributed by atoms with Crippen LogP contribution in [0, 0.1) is 22.7 Å². The molecule has 5 aromatic carbocycles. The summed E-state index contributed by atoms with van der Waals surface area (Å²) >= 11 is 0. The number of para-hydroxylation sites is 2. The Balaban J connectivity index is 1.27. The van der Waals surface area contributed by atoms with Crippen LogP contribution in [0.2, 0.25) is 0 Å². The van der Waals surface area contributed by atoms with E-state index in [1.807, 2.05) is 36.4 Å². The molecule has 6 aromatic rings. The van der Waals surface area contributed by atoms with E-state index in [-0.39, 0.29) is 0 Å². The van der Waals surface area contributed by atoms with E-state index in [1.54, 1.807) is 0 Å². The summed E-state index contributed by atoms with van der Waals surface area (Å²) in [5.41, 5.74) is 14.6. The number of fused-ring (bicyclic) bond motifs is 6. The van der Waals surface area contributed by atoms with Crippen molar-refractivity contribution in [3.05, 3.63) is 167 Å². The highest BCUT2D eigenvalue weighted by Gasteiger charge is 2.40. The molecule has 2 heterocycles. The summed E-state index contributed by atoms with van der Waals surface area (Å²) in [6.45, 7) is 0. The first-order valence-corrected chi connectivity index (χ1v) is 16.8. The van der Waals surface area contributed by atoms with E-state index in [0.29, 0.717) is 23.1 Å². The fraction of sp³-hybridized carbons (Fsp3) is 0.136. The lowest BCUT2D eigenvalue weighted by atomic mass is 9.83. The quantitative estimate of drug-likeness (QED) is 0.185. The van der Waals surface area contributed by atoms with Gasteiger partial charge in [0, 0.05) is 39.5 Å². The zero-order valence-electron chi connectivity index (χ0n) is 26.5. The maximum absolute atomic E-state index is 9.94. The van der Waals surface area contributed by atoms with Crippen molar-refractivity contribution in [1.82, 2.24) is 4.57 Å². The average molecular weight is 617 g/mol. The molecule has 0 saturated carbocycles. The van der Waals surface area contributed by atoms with Crippen molar-refractivity contribution in [3.63, 3.8) is 0 Å². The third kappa shape index (κ3) is 4.27. The third-order valence-electron chi connectivity index (χ3n) is 10.4. The highest BCUT2D eigenvalue weighted by molar-refractivity contribution is 6.04. The molecule has 228 valence electrons. The number of rotatable bonds is 4. The normalized spacial score (nSPS) is 17.6. The van der Waals surface area contributed by atoms with E-state index < -0.39 is 0 Å². The highest BCUT2D eigenvalue weighted by atomic mass is 15.2. The largest absolute Gasteiger partial charge is 0.333 e. The van der Waals surface area contributed by atoms with Gasteiger partial charge in [-0.25, -0.2) is 0 Å². The number of nitrogens with zero attached hydrogens (tertiary/aromatic N) is 4. The minimum atomic E-state index is 0.291. The molecule has 0 bridgehead atoms. The zero-order valence-corrected chi connectivity index (χ0v) is 26.5. The summed E-state index contributed by atoms with van der Waals surface area (Å²) in [6, 6.07) is 45.3. The molecule has 0 spiro atoms. The molecule has 0 saturated heterocycles. The van der Waals surface area contributed by atoms with Crippen molar-refractivity contribution in [3.8, 4) is 29.0 Å². The first kappa shape index (κ1) is 28.1. The van der Waals surface area contributed by atoms with Crippen LogP contribution in [0.25, 0.3) is 33.3 Å². The van der Waals surface area contributed by atoms with Crippen LogP contribution in [-0.4, -0.2) is 10.6 Å². The molecule has 0 fully saturated rings. The summed E-state index contributed by atoms with van der Waals surface area (Å²) in [6.07, 6.45) is 11.2. The minimum absolute atomic E-state index is 0.291. The molecule has 1 aromatic heterocycles. The van der Waals surface area contributed by atoms with Crippen LogP contribution in [0.5, 0.6) is 0 Å². The van der Waals surface area contributed by atoms with Crippen LogP contribution < -0.4 is 4.90 Å². The standard InChI is InChI=1S/C44H32N4/c45-27-29-20-23-32(24-21-29)47-41-25-22-30(28-46)26-39(41)43-36(15-9-19-42(43)47)33-12-4-5-13-34(33)37-16-8-17-38-35-14-6-7-18-40(35)48(44(37)38)31-10-2-1-3-11-31/h1-5,7-8,10-13,15-18,20-26,35,40H,6,9,14,19H2. The second-order valence-electron chi connectivity index (χ2n) is 12.9. The minimum Gasteiger partial charge on any atom is -0.333 e. The highest BCUT2D eigenvalue weighted by Crippen LogP contribution is 2.54. The number of anilines is 2. The number of aromatic nitrogens is 1. The summed E-state index contributed by atoms with van der Waals surface area (Å²) in [4.78, 5) is 2.57. The maximum atomic E-state index is 9.94. The van der Waals surface area contributed by atoms with Gasteiger partial charge in [-0.15, -0.1) is 0 Å². The van der Waals surface area contributed by atoms with Crippen molar-refractivity contribution in [2.24, 2.45) is 0 Å². The monoisotopic (exact) mass is 616 g/mol. The average Bonchev–Trinajstić information content (AvgIpc) is 3.68. The summed E-state index contributed by atoms with van der Waals surface area (Å²) in [5, 5.41) is 20.5. The lowest BCUT2D eigenvalue weighted by molar-refractivity contribution is 0.573. The van der Waals surface area contributed by atoms with E-state index >= 15 is 0 Å². The second-order valence-corrected chi connectivity index (χ2v) is 12.9. The molecular formula is C44H32N4. The Morgan fingerprint density at radius 1 is 0.667 bits per heavy atom. The topological polar surface area (TPSA) is 55.8 Å². The van der Waals surface area contributed by atoms with Gasteiger partial charge in [-0.05, 0) is 103 Å². The van der Waals surface area contributed by atoms with Crippen LogP contribution in [-0.2, 0) is 6.42 Å². The van der Waals surface area contributed by atoms with Gasteiger partial charge in [-0.1, -0.05) is 78.9 Å². The Bertz CT molecular complexity index is 2380. The van der Waals surface area contributed by atoms with Gasteiger partial charge in [-0.3, -0.25) is 0 Å². The molecule has 48 heavy (non-hydrogen) atoms. The Morgan fingerprint density at radius 2 is 1.42 bits per heavy atom. The third-order valence-corrected chi connectivity index (χ3v) is 10.4. The molecule has 0 amide bonds. The van der Waals surface area contributed by atoms with Crippen LogP contribution in [0.3, 0.4) is 0 Å². The number of hydrogen-bond donors (Lipinski definition) is 0. The molecule has 2 unspecified atom stereocenters. The van der Waals surface area contributed by atoms with Gasteiger partial charge in [0.2, 0.25) is 0 Å². The Labute approximate surface area is 280 Å². The van der Waals surface area contributed by atoms with E-state index in [1.165, 1.54) is 50.5 Å². The number of nitriles is 2. The van der Waals surface area contributed by atoms with Crippen molar-refractivity contribution >= 4 is 27.9 Å². The van der Waals surface area contributed by atoms with E-state index in [9.17, 15) is 10.5 Å². The SMILES string of the molecule is N#Cc1ccc(-n2c3c(c4cc(C#N)ccc42)C(c2ccccc2-c2cccc4c2N(c2ccccc2)C2C=CCCC42)=CCC3)cc1. The fourth-order valence-electron chi connectivity index (χ4n) is 8.39. The predicted octanol–water partition coefficient (Wildman–Crippen LogP) is 10.4. The van der Waals surface area contributed by atoms with Crippen LogP contribution in [0.4, 0.5) is 11.4 Å². The molecule has 1 aliphatic heterocycles. The molecule has 0 radical (unpaired) electrons. The fourth-order valence-corrected chi connectivity index (χ4v) is 8.39. The Kier molecular flexibility index (Phi) is 6.63. The first-order chi connectivity index (χ1) is 23.7. The molecule has 9 rings (SSSR count). The van der Waals surface area contributed by atoms with Gasteiger partial charge in [0.25, 0.3) is 0 Å². The number of benzene rings is 5. The van der Waals surface area contributed by atoms with Gasteiger partial charge in [0.05, 0.1) is 40.5 Å². The number of allylic oxidation sites excluding steroid dienone is 2. The zero-order chi connectivity index (χ0) is 32.2. The molecule has 3 aliphatic rings. The predicted molar refractivity (Wildman–Crippen MR) is 193 cm³/mol. The Hall–Kier alpha value is -6.10. The summed E-state index contributed by atoms with van der Waals surface area (Å²) < 4.78 is 2.33. The smallest absolute Gasteiger partial charge is 0.0991 e. The lowest BCUT2D eigenvalue weighted by Gasteiger charge is -2.31. The molecular weight excluding hydrogens is 585 g/mol. The van der Waals surface area contributed by atoms with Crippen LogP contribution >= 0.6 is 0 Å². The van der Waals surface area contributed by atoms with Crippen molar-refractivity contribution in [2.75, 3.05) is 4.90 Å². The molecule has 0 N–H and O–H groups in total. The molecule has 4 nitrogen and oxygen atoms in total. The summed E-state index contributed by atoms with van der Waals surface area (Å²) in [7, 11) is 0. The van der Waals surface area contributed by atoms with Crippen molar-refractivity contribution in [2.45, 2.75) is 37.6 Å². The van der Waals surface area contributed by atoms with Gasteiger partial charge in [-0.2, -0.15) is 10.5 Å². The maximum Gasteiger partial charge on any atom is 0.0991 e. The lowest BCUT2D eigenvalue weighted by Crippen LogP contribution is -2.29. The van der Waals surface area contributed by atoms with Crippen LogP contribution in [0.1, 0.15) is 58.7 Å².